The van der Waals surface area contributed by atoms with Crippen molar-refractivity contribution >= 4 is 27.3 Å². The van der Waals surface area contributed by atoms with Crippen molar-refractivity contribution in [1.29, 1.82) is 0 Å². The zero-order chi connectivity index (χ0) is 15.4. The zero-order valence-electron chi connectivity index (χ0n) is 11.1. The quantitative estimate of drug-likeness (QED) is 0.647. The molecule has 21 heavy (non-hydrogen) atoms. The number of anilines is 1. The second kappa shape index (κ2) is 6.53. The maximum Gasteiger partial charge on any atom is 0.274 e. The Bertz CT molecular complexity index is 679. The molecule has 7 heteroatoms. The minimum atomic E-state index is -0.530. The van der Waals surface area contributed by atoms with Crippen LogP contribution in [0.1, 0.15) is 5.56 Å². The summed E-state index contributed by atoms with van der Waals surface area (Å²) in [5, 5.41) is 13.9. The van der Waals surface area contributed by atoms with Gasteiger partial charge in [0.15, 0.2) is 0 Å². The van der Waals surface area contributed by atoms with Crippen LogP contribution in [-0.4, -0.2) is 12.0 Å². The Morgan fingerprint density at radius 3 is 2.76 bits per heavy atom. The van der Waals surface area contributed by atoms with E-state index in [9.17, 15) is 14.5 Å². The minimum Gasteiger partial charge on any atom is -0.497 e. The van der Waals surface area contributed by atoms with Crippen molar-refractivity contribution in [2.24, 2.45) is 0 Å². The van der Waals surface area contributed by atoms with Crippen molar-refractivity contribution in [2.75, 3.05) is 12.4 Å². The number of nitrogens with zero attached hydrogens (tertiary/aromatic N) is 1. The molecule has 0 bridgehead atoms. The summed E-state index contributed by atoms with van der Waals surface area (Å²) >= 11 is 3.34. The Balaban J connectivity index is 2.22. The first-order valence-corrected chi connectivity index (χ1v) is 6.80. The van der Waals surface area contributed by atoms with E-state index in [1.54, 1.807) is 25.3 Å². The van der Waals surface area contributed by atoms with Gasteiger partial charge in [0.05, 0.1) is 17.6 Å². The molecule has 1 N–H and O–H groups in total. The monoisotopic (exact) mass is 354 g/mol. The topological polar surface area (TPSA) is 64.4 Å². The second-order valence-corrected chi connectivity index (χ2v) is 5.18. The lowest BCUT2D eigenvalue weighted by atomic mass is 10.1. The maximum absolute atomic E-state index is 13.2. The molecule has 0 aliphatic rings. The van der Waals surface area contributed by atoms with Crippen LogP contribution in [0.25, 0.3) is 0 Å². The Morgan fingerprint density at radius 1 is 1.33 bits per heavy atom. The van der Waals surface area contributed by atoms with Gasteiger partial charge in [0.25, 0.3) is 5.69 Å². The highest BCUT2D eigenvalue weighted by molar-refractivity contribution is 9.10. The number of halogens is 2. The van der Waals surface area contributed by atoms with E-state index in [4.69, 9.17) is 4.74 Å². The molecule has 0 saturated heterocycles. The average Bonchev–Trinajstić information content (AvgIpc) is 2.44. The Labute approximate surface area is 129 Å². The summed E-state index contributed by atoms with van der Waals surface area (Å²) in [7, 11) is 1.54. The minimum absolute atomic E-state index is 0.120. The van der Waals surface area contributed by atoms with E-state index in [0.717, 1.165) is 22.7 Å². The molecular weight excluding hydrogens is 343 g/mol. The molecular formula is C14H12BrFN2O3. The number of nitrogens with one attached hydrogen (secondary N) is 1. The van der Waals surface area contributed by atoms with Crippen LogP contribution in [0.15, 0.2) is 40.9 Å². The first-order valence-electron chi connectivity index (χ1n) is 6.01. The van der Waals surface area contributed by atoms with Gasteiger partial charge in [-0.15, -0.1) is 0 Å². The first-order chi connectivity index (χ1) is 9.99. The van der Waals surface area contributed by atoms with E-state index in [-0.39, 0.29) is 17.8 Å². The molecule has 0 aliphatic heterocycles. The summed E-state index contributed by atoms with van der Waals surface area (Å²) in [6.45, 7) is 0.133. The van der Waals surface area contributed by atoms with Gasteiger partial charge in [0, 0.05) is 28.8 Å². The number of rotatable bonds is 5. The molecule has 5 nitrogen and oxygen atoms in total. The third-order valence-electron chi connectivity index (χ3n) is 2.83. The number of methoxy groups -OCH3 is 1. The lowest BCUT2D eigenvalue weighted by Gasteiger charge is -2.09. The van der Waals surface area contributed by atoms with Crippen LogP contribution >= 0.6 is 15.9 Å². The van der Waals surface area contributed by atoms with Gasteiger partial charge in [-0.05, 0) is 24.3 Å². The standard InChI is InChI=1S/C14H12BrFN2O3/c1-21-13-6-10(15)5-12(7-13)17-8-9-4-11(16)2-3-14(9)18(19)20/h2-7,17H,8H2,1H3. The van der Waals surface area contributed by atoms with Crippen molar-refractivity contribution in [3.05, 3.63) is 62.4 Å². The summed E-state index contributed by atoms with van der Waals surface area (Å²) < 4.78 is 19.2. The number of ether oxygens (including phenoxy) is 1. The molecule has 0 radical (unpaired) electrons. The molecule has 0 unspecified atom stereocenters. The Morgan fingerprint density at radius 2 is 2.10 bits per heavy atom. The van der Waals surface area contributed by atoms with Crippen molar-refractivity contribution in [3.63, 3.8) is 0 Å². The van der Waals surface area contributed by atoms with E-state index < -0.39 is 10.7 Å². The van der Waals surface area contributed by atoms with Crippen molar-refractivity contribution in [3.8, 4) is 5.75 Å². The zero-order valence-corrected chi connectivity index (χ0v) is 12.7. The Hall–Kier alpha value is -2.15. The van der Waals surface area contributed by atoms with E-state index in [0.29, 0.717) is 11.4 Å². The molecule has 0 saturated carbocycles. The Kier molecular flexibility index (Phi) is 4.74. The molecule has 110 valence electrons. The highest BCUT2D eigenvalue weighted by Gasteiger charge is 2.14. The third kappa shape index (κ3) is 3.91. The molecule has 2 aromatic rings. The van der Waals surface area contributed by atoms with Gasteiger partial charge < -0.3 is 10.1 Å². The first kappa shape index (κ1) is 15.2. The molecule has 0 amide bonds. The highest BCUT2D eigenvalue weighted by atomic mass is 79.9. The average molecular weight is 355 g/mol. The second-order valence-electron chi connectivity index (χ2n) is 4.26. The van der Waals surface area contributed by atoms with Crippen LogP contribution in [0.4, 0.5) is 15.8 Å². The fourth-order valence-corrected chi connectivity index (χ4v) is 2.33. The van der Waals surface area contributed by atoms with Crippen LogP contribution in [-0.2, 0) is 6.54 Å². The van der Waals surface area contributed by atoms with Gasteiger partial charge in [-0.1, -0.05) is 15.9 Å². The number of nitro groups is 1. The summed E-state index contributed by atoms with van der Waals surface area (Å²) in [5.74, 6) is 0.129. The molecule has 0 aliphatic carbocycles. The SMILES string of the molecule is COc1cc(Br)cc(NCc2cc(F)ccc2[N+](=O)[O-])c1. The fourth-order valence-electron chi connectivity index (χ4n) is 1.85. The van der Waals surface area contributed by atoms with Crippen LogP contribution in [0, 0.1) is 15.9 Å². The van der Waals surface area contributed by atoms with Gasteiger partial charge in [-0.2, -0.15) is 0 Å². The molecule has 0 aromatic heterocycles. The normalized spacial score (nSPS) is 10.2. The van der Waals surface area contributed by atoms with E-state index in [2.05, 4.69) is 21.2 Å². The van der Waals surface area contributed by atoms with E-state index in [1.165, 1.54) is 0 Å². The van der Waals surface area contributed by atoms with E-state index in [1.807, 2.05) is 0 Å². The van der Waals surface area contributed by atoms with Crippen molar-refractivity contribution in [2.45, 2.75) is 6.54 Å². The van der Waals surface area contributed by atoms with Crippen LogP contribution < -0.4 is 10.1 Å². The predicted molar refractivity (Wildman–Crippen MR) is 81.1 cm³/mol. The number of nitro benzene ring substituents is 1. The summed E-state index contributed by atoms with van der Waals surface area (Å²) in [4.78, 5) is 10.4. The number of hydrogen-bond donors (Lipinski definition) is 1. The highest BCUT2D eigenvalue weighted by Crippen LogP contribution is 2.26. The number of benzene rings is 2. The smallest absolute Gasteiger partial charge is 0.274 e. The largest absolute Gasteiger partial charge is 0.497 e. The summed E-state index contributed by atoms with van der Waals surface area (Å²) in [6, 6.07) is 8.72. The number of hydrogen-bond acceptors (Lipinski definition) is 4. The molecule has 2 rings (SSSR count). The van der Waals surface area contributed by atoms with Crippen LogP contribution in [0.3, 0.4) is 0 Å². The van der Waals surface area contributed by atoms with Gasteiger partial charge >= 0.3 is 0 Å². The molecule has 0 atom stereocenters. The van der Waals surface area contributed by atoms with Gasteiger partial charge in [0.1, 0.15) is 11.6 Å². The van der Waals surface area contributed by atoms with Gasteiger partial charge in [0.2, 0.25) is 0 Å². The predicted octanol–water partition coefficient (Wildman–Crippen LogP) is 4.12. The molecule has 0 fully saturated rings. The lowest BCUT2D eigenvalue weighted by molar-refractivity contribution is -0.385. The van der Waals surface area contributed by atoms with Gasteiger partial charge in [-0.25, -0.2) is 4.39 Å². The molecule has 0 spiro atoms. The summed E-state index contributed by atoms with van der Waals surface area (Å²) in [5.41, 5.74) is 0.865. The van der Waals surface area contributed by atoms with Crippen LogP contribution in [0.2, 0.25) is 0 Å². The lowest BCUT2D eigenvalue weighted by Crippen LogP contribution is -2.04. The van der Waals surface area contributed by atoms with Crippen molar-refractivity contribution < 1.29 is 14.1 Å². The maximum atomic E-state index is 13.2. The van der Waals surface area contributed by atoms with Crippen molar-refractivity contribution in [1.82, 2.24) is 0 Å². The van der Waals surface area contributed by atoms with E-state index >= 15 is 0 Å². The summed E-state index contributed by atoms with van der Waals surface area (Å²) in [6.07, 6.45) is 0. The fraction of sp³-hybridized carbons (Fsp3) is 0.143. The van der Waals surface area contributed by atoms with Crippen LogP contribution in [0.5, 0.6) is 5.75 Å². The van der Waals surface area contributed by atoms with Gasteiger partial charge in [-0.3, -0.25) is 10.1 Å². The third-order valence-corrected chi connectivity index (χ3v) is 3.29. The molecule has 0 heterocycles. The molecule has 2 aromatic carbocycles.